The topological polar surface area (TPSA) is 24.5 Å². The fraction of sp³-hybridized carbons (Fsp3) is 0.714. The summed E-state index contributed by atoms with van der Waals surface area (Å²) in [6.45, 7) is 5.41. The lowest BCUT2D eigenvalue weighted by Crippen LogP contribution is -2.50. The Bertz CT molecular complexity index is 406. The second-order valence-electron chi connectivity index (χ2n) is 5.38. The van der Waals surface area contributed by atoms with Crippen LogP contribution in [0.5, 0.6) is 0 Å². The minimum absolute atomic E-state index is 0.294. The van der Waals surface area contributed by atoms with Gasteiger partial charge in [0.05, 0.1) is 18.8 Å². The molecule has 4 heteroatoms. The standard InChI is InChI=1S/C14H22N2OS/c1-10-5-6-13(18-10)14(15-2)12-8-16-7-3-4-11(16)9-17-12/h5-6,11-12,14-15H,3-4,7-9H2,1-2H3. The van der Waals surface area contributed by atoms with E-state index in [1.807, 2.05) is 18.4 Å². The molecule has 3 rings (SSSR count). The maximum Gasteiger partial charge on any atom is 0.0905 e. The van der Waals surface area contributed by atoms with Gasteiger partial charge in [0, 0.05) is 22.3 Å². The van der Waals surface area contributed by atoms with Gasteiger partial charge in [-0.05, 0) is 45.5 Å². The van der Waals surface area contributed by atoms with E-state index in [1.165, 1.54) is 29.1 Å². The van der Waals surface area contributed by atoms with Gasteiger partial charge in [0.15, 0.2) is 0 Å². The highest BCUT2D eigenvalue weighted by Gasteiger charge is 2.36. The van der Waals surface area contributed by atoms with E-state index >= 15 is 0 Å². The van der Waals surface area contributed by atoms with Crippen LogP contribution in [0.3, 0.4) is 0 Å². The minimum Gasteiger partial charge on any atom is -0.373 e. The highest BCUT2D eigenvalue weighted by atomic mass is 32.1. The summed E-state index contributed by atoms with van der Waals surface area (Å²) in [5, 5.41) is 3.44. The molecular weight excluding hydrogens is 244 g/mol. The van der Waals surface area contributed by atoms with Crippen molar-refractivity contribution in [2.24, 2.45) is 0 Å². The van der Waals surface area contributed by atoms with Crippen molar-refractivity contribution in [3.8, 4) is 0 Å². The molecule has 2 aliphatic rings. The van der Waals surface area contributed by atoms with Crippen molar-refractivity contribution in [2.75, 3.05) is 26.7 Å². The summed E-state index contributed by atoms with van der Waals surface area (Å²) in [6.07, 6.45) is 2.94. The lowest BCUT2D eigenvalue weighted by atomic mass is 10.1. The number of thiophene rings is 1. The summed E-state index contributed by atoms with van der Waals surface area (Å²) in [5.74, 6) is 0. The smallest absolute Gasteiger partial charge is 0.0905 e. The molecule has 0 saturated carbocycles. The number of nitrogens with one attached hydrogen (secondary N) is 1. The average Bonchev–Trinajstić information content (AvgIpc) is 2.99. The number of nitrogens with zero attached hydrogens (tertiary/aromatic N) is 1. The number of aryl methyl sites for hydroxylation is 1. The fourth-order valence-corrected chi connectivity index (χ4v) is 4.22. The number of morpholine rings is 1. The van der Waals surface area contributed by atoms with Crippen LogP contribution >= 0.6 is 11.3 Å². The maximum absolute atomic E-state index is 6.11. The zero-order chi connectivity index (χ0) is 12.5. The van der Waals surface area contributed by atoms with Crippen molar-refractivity contribution < 1.29 is 4.74 Å². The van der Waals surface area contributed by atoms with E-state index in [9.17, 15) is 0 Å². The van der Waals surface area contributed by atoms with E-state index in [1.54, 1.807) is 0 Å². The Morgan fingerprint density at radius 2 is 2.39 bits per heavy atom. The molecule has 18 heavy (non-hydrogen) atoms. The predicted molar refractivity (Wildman–Crippen MR) is 75.2 cm³/mol. The highest BCUT2D eigenvalue weighted by molar-refractivity contribution is 7.12. The van der Waals surface area contributed by atoms with Crippen LogP contribution in [0.1, 0.15) is 28.6 Å². The summed E-state index contributed by atoms with van der Waals surface area (Å²) >= 11 is 1.88. The number of rotatable bonds is 3. The first kappa shape index (κ1) is 12.6. The molecule has 1 aromatic rings. The van der Waals surface area contributed by atoms with Crippen molar-refractivity contribution in [1.29, 1.82) is 0 Å². The molecule has 1 N–H and O–H groups in total. The molecule has 3 unspecified atom stereocenters. The second kappa shape index (κ2) is 5.29. The van der Waals surface area contributed by atoms with Crippen LogP contribution in [0.4, 0.5) is 0 Å². The lowest BCUT2D eigenvalue weighted by molar-refractivity contribution is -0.0637. The second-order valence-corrected chi connectivity index (χ2v) is 6.70. The predicted octanol–water partition coefficient (Wildman–Crippen LogP) is 2.18. The fourth-order valence-electron chi connectivity index (χ4n) is 3.18. The first-order chi connectivity index (χ1) is 8.78. The monoisotopic (exact) mass is 266 g/mol. The van der Waals surface area contributed by atoms with Gasteiger partial charge >= 0.3 is 0 Å². The number of hydrogen-bond acceptors (Lipinski definition) is 4. The third-order valence-electron chi connectivity index (χ3n) is 4.17. The van der Waals surface area contributed by atoms with Crippen LogP contribution in [0.2, 0.25) is 0 Å². The SMILES string of the molecule is CNC(c1ccc(C)s1)C1CN2CCCC2CO1. The highest BCUT2D eigenvalue weighted by Crippen LogP contribution is 2.31. The van der Waals surface area contributed by atoms with E-state index in [0.717, 1.165) is 13.2 Å². The first-order valence-electron chi connectivity index (χ1n) is 6.87. The van der Waals surface area contributed by atoms with Gasteiger partial charge in [-0.25, -0.2) is 0 Å². The Hall–Kier alpha value is -0.420. The molecule has 2 saturated heterocycles. The molecule has 3 atom stereocenters. The lowest BCUT2D eigenvalue weighted by Gasteiger charge is -2.38. The minimum atomic E-state index is 0.294. The van der Waals surface area contributed by atoms with E-state index in [0.29, 0.717) is 18.2 Å². The largest absolute Gasteiger partial charge is 0.373 e. The van der Waals surface area contributed by atoms with E-state index < -0.39 is 0 Å². The van der Waals surface area contributed by atoms with Gasteiger partial charge in [-0.15, -0.1) is 11.3 Å². The third kappa shape index (κ3) is 2.35. The van der Waals surface area contributed by atoms with Gasteiger partial charge < -0.3 is 10.1 Å². The summed E-state index contributed by atoms with van der Waals surface area (Å²) in [7, 11) is 2.04. The summed E-state index contributed by atoms with van der Waals surface area (Å²) < 4.78 is 6.11. The van der Waals surface area contributed by atoms with Crippen molar-refractivity contribution in [2.45, 2.75) is 38.0 Å². The van der Waals surface area contributed by atoms with Gasteiger partial charge in [-0.3, -0.25) is 4.90 Å². The van der Waals surface area contributed by atoms with Crippen molar-refractivity contribution in [1.82, 2.24) is 10.2 Å². The number of fused-ring (bicyclic) bond motifs is 1. The molecule has 3 heterocycles. The quantitative estimate of drug-likeness (QED) is 0.907. The Morgan fingerprint density at radius 3 is 3.11 bits per heavy atom. The molecule has 0 amide bonds. The van der Waals surface area contributed by atoms with Crippen LogP contribution in [0.25, 0.3) is 0 Å². The summed E-state index contributed by atoms with van der Waals surface area (Å²) in [6, 6.07) is 5.46. The third-order valence-corrected chi connectivity index (χ3v) is 5.25. The Balaban J connectivity index is 1.72. The molecule has 100 valence electrons. The van der Waals surface area contributed by atoms with Crippen LogP contribution in [-0.4, -0.2) is 43.8 Å². The Labute approximate surface area is 113 Å². The summed E-state index contributed by atoms with van der Waals surface area (Å²) in [5.41, 5.74) is 0. The zero-order valence-corrected chi connectivity index (χ0v) is 12.0. The zero-order valence-electron chi connectivity index (χ0n) is 11.2. The molecule has 3 nitrogen and oxygen atoms in total. The van der Waals surface area contributed by atoms with Crippen LogP contribution in [-0.2, 0) is 4.74 Å². The molecule has 2 fully saturated rings. The molecule has 1 aromatic heterocycles. The Kier molecular flexibility index (Phi) is 3.71. The molecule has 0 bridgehead atoms. The molecule has 2 aliphatic heterocycles. The number of likely N-dealkylation sites (N-methyl/N-ethyl adjacent to an activating group) is 1. The van der Waals surface area contributed by atoms with E-state index in [4.69, 9.17) is 4.74 Å². The van der Waals surface area contributed by atoms with Crippen LogP contribution < -0.4 is 5.32 Å². The van der Waals surface area contributed by atoms with Gasteiger partial charge in [0.1, 0.15) is 0 Å². The van der Waals surface area contributed by atoms with Gasteiger partial charge in [-0.1, -0.05) is 0 Å². The molecule has 0 spiro atoms. The van der Waals surface area contributed by atoms with Gasteiger partial charge in [0.25, 0.3) is 0 Å². The maximum atomic E-state index is 6.11. The van der Waals surface area contributed by atoms with Crippen LogP contribution in [0.15, 0.2) is 12.1 Å². The van der Waals surface area contributed by atoms with E-state index in [-0.39, 0.29) is 0 Å². The normalized spacial score (nSPS) is 30.3. The Morgan fingerprint density at radius 1 is 1.50 bits per heavy atom. The number of ether oxygens (including phenoxy) is 1. The molecular formula is C14H22N2OS. The van der Waals surface area contributed by atoms with Crippen molar-refractivity contribution in [3.05, 3.63) is 21.9 Å². The van der Waals surface area contributed by atoms with E-state index in [2.05, 4.69) is 29.3 Å². The molecule has 0 radical (unpaired) electrons. The van der Waals surface area contributed by atoms with Crippen LogP contribution in [0, 0.1) is 6.92 Å². The van der Waals surface area contributed by atoms with Crippen molar-refractivity contribution in [3.63, 3.8) is 0 Å². The van der Waals surface area contributed by atoms with Crippen molar-refractivity contribution >= 4 is 11.3 Å². The number of hydrogen-bond donors (Lipinski definition) is 1. The van der Waals surface area contributed by atoms with Gasteiger partial charge in [-0.2, -0.15) is 0 Å². The molecule has 0 aliphatic carbocycles. The average molecular weight is 266 g/mol. The van der Waals surface area contributed by atoms with Gasteiger partial charge in [0.2, 0.25) is 0 Å². The first-order valence-corrected chi connectivity index (χ1v) is 7.69. The molecule has 0 aromatic carbocycles. The summed E-state index contributed by atoms with van der Waals surface area (Å²) in [4.78, 5) is 5.39.